The van der Waals surface area contributed by atoms with Crippen molar-refractivity contribution in [1.29, 1.82) is 0 Å². The van der Waals surface area contributed by atoms with Crippen molar-refractivity contribution in [2.24, 2.45) is 5.92 Å². The van der Waals surface area contributed by atoms with Gasteiger partial charge in [0.05, 0.1) is 6.10 Å². The van der Waals surface area contributed by atoms with E-state index in [0.717, 1.165) is 42.6 Å². The average Bonchev–Trinajstić information content (AvgIpc) is 2.81. The first-order valence-corrected chi connectivity index (χ1v) is 11.1. The van der Waals surface area contributed by atoms with Gasteiger partial charge in [0.25, 0.3) is 0 Å². The molecule has 1 heterocycles. The van der Waals surface area contributed by atoms with Crippen LogP contribution in [-0.4, -0.2) is 35.8 Å². The van der Waals surface area contributed by atoms with E-state index in [1.165, 1.54) is 12.1 Å². The Hall–Kier alpha value is -2.53. The van der Waals surface area contributed by atoms with E-state index < -0.39 is 0 Å². The van der Waals surface area contributed by atoms with E-state index in [9.17, 15) is 9.50 Å². The number of rotatable bonds is 8. The third kappa shape index (κ3) is 6.01. The van der Waals surface area contributed by atoms with E-state index in [-0.39, 0.29) is 23.9 Å². The third-order valence-corrected chi connectivity index (χ3v) is 6.10. The van der Waals surface area contributed by atoms with Crippen LogP contribution in [0.1, 0.15) is 35.6 Å². The molecule has 0 saturated carbocycles. The first-order valence-electron chi connectivity index (χ1n) is 11.1. The van der Waals surface area contributed by atoms with Crippen LogP contribution in [0.4, 0.5) is 4.39 Å². The normalized spacial score (nSPS) is 19.6. The fraction of sp³-hybridized carbons (Fsp3) is 0.333. The number of nitrogens with zero attached hydrogens (tertiary/aromatic N) is 1. The lowest BCUT2D eigenvalue weighted by Gasteiger charge is -2.36. The molecule has 1 fully saturated rings. The zero-order valence-corrected chi connectivity index (χ0v) is 17.7. The van der Waals surface area contributed by atoms with Crippen LogP contribution in [0.3, 0.4) is 0 Å². The lowest BCUT2D eigenvalue weighted by molar-refractivity contribution is -0.00577. The SMILES string of the molecule is OC1CN(Cc2ccc(F)cc2)CCC1CCOC(c1ccccc1)c1ccccc1. The number of halogens is 1. The van der Waals surface area contributed by atoms with Gasteiger partial charge < -0.3 is 9.84 Å². The van der Waals surface area contributed by atoms with Crippen molar-refractivity contribution in [3.8, 4) is 0 Å². The fourth-order valence-corrected chi connectivity index (χ4v) is 4.35. The summed E-state index contributed by atoms with van der Waals surface area (Å²) >= 11 is 0. The Labute approximate surface area is 184 Å². The summed E-state index contributed by atoms with van der Waals surface area (Å²) in [5, 5.41) is 10.7. The number of ether oxygens (including phenoxy) is 1. The van der Waals surface area contributed by atoms with E-state index in [1.807, 2.05) is 48.5 Å². The monoisotopic (exact) mass is 419 g/mol. The summed E-state index contributed by atoms with van der Waals surface area (Å²) in [6, 6.07) is 27.2. The third-order valence-electron chi connectivity index (χ3n) is 6.10. The van der Waals surface area contributed by atoms with Gasteiger partial charge >= 0.3 is 0 Å². The molecule has 4 rings (SSSR count). The predicted octanol–water partition coefficient (Wildman–Crippen LogP) is 5.20. The van der Waals surface area contributed by atoms with Crippen molar-refractivity contribution in [1.82, 2.24) is 4.90 Å². The predicted molar refractivity (Wildman–Crippen MR) is 121 cm³/mol. The van der Waals surface area contributed by atoms with Crippen molar-refractivity contribution < 1.29 is 14.2 Å². The maximum absolute atomic E-state index is 13.1. The van der Waals surface area contributed by atoms with Gasteiger partial charge in [0.1, 0.15) is 11.9 Å². The Morgan fingerprint density at radius 3 is 2.10 bits per heavy atom. The van der Waals surface area contributed by atoms with Crippen LogP contribution in [0.2, 0.25) is 0 Å². The molecule has 1 aliphatic rings. The van der Waals surface area contributed by atoms with Crippen LogP contribution < -0.4 is 0 Å². The van der Waals surface area contributed by atoms with Gasteiger partial charge in [0.2, 0.25) is 0 Å². The Morgan fingerprint density at radius 2 is 1.52 bits per heavy atom. The second-order valence-corrected chi connectivity index (χ2v) is 8.34. The van der Waals surface area contributed by atoms with E-state index in [4.69, 9.17) is 4.74 Å². The summed E-state index contributed by atoms with van der Waals surface area (Å²) in [5.74, 6) is 0.0171. The Bertz CT molecular complexity index is 877. The molecule has 162 valence electrons. The van der Waals surface area contributed by atoms with E-state index in [0.29, 0.717) is 13.2 Å². The highest BCUT2D eigenvalue weighted by molar-refractivity contribution is 5.29. The van der Waals surface area contributed by atoms with Crippen LogP contribution in [-0.2, 0) is 11.3 Å². The molecule has 0 aliphatic carbocycles. The zero-order valence-electron chi connectivity index (χ0n) is 17.7. The molecule has 1 saturated heterocycles. The maximum Gasteiger partial charge on any atom is 0.123 e. The van der Waals surface area contributed by atoms with Gasteiger partial charge in [0, 0.05) is 19.7 Å². The number of piperidine rings is 1. The Balaban J connectivity index is 1.30. The summed E-state index contributed by atoms with van der Waals surface area (Å²) in [4.78, 5) is 2.24. The molecule has 2 unspecified atom stereocenters. The first kappa shape index (κ1) is 21.7. The number of aliphatic hydroxyl groups is 1. The zero-order chi connectivity index (χ0) is 21.5. The highest BCUT2D eigenvalue weighted by Gasteiger charge is 2.28. The second-order valence-electron chi connectivity index (χ2n) is 8.34. The number of hydrogen-bond acceptors (Lipinski definition) is 3. The van der Waals surface area contributed by atoms with Gasteiger partial charge in [-0.25, -0.2) is 4.39 Å². The number of benzene rings is 3. The lowest BCUT2D eigenvalue weighted by atomic mass is 9.91. The quantitative estimate of drug-likeness (QED) is 0.544. The van der Waals surface area contributed by atoms with Crippen LogP contribution in [0.15, 0.2) is 84.9 Å². The largest absolute Gasteiger partial charge is 0.392 e. The van der Waals surface area contributed by atoms with Gasteiger partial charge in [-0.15, -0.1) is 0 Å². The fourth-order valence-electron chi connectivity index (χ4n) is 4.35. The van der Waals surface area contributed by atoms with Crippen LogP contribution in [0.25, 0.3) is 0 Å². The molecule has 3 aromatic rings. The minimum atomic E-state index is -0.371. The molecule has 4 heteroatoms. The maximum atomic E-state index is 13.1. The molecule has 2 atom stereocenters. The van der Waals surface area contributed by atoms with Crippen LogP contribution in [0.5, 0.6) is 0 Å². The molecular weight excluding hydrogens is 389 g/mol. The summed E-state index contributed by atoms with van der Waals surface area (Å²) < 4.78 is 19.4. The van der Waals surface area contributed by atoms with E-state index in [1.54, 1.807) is 0 Å². The van der Waals surface area contributed by atoms with Crippen molar-refractivity contribution in [2.75, 3.05) is 19.7 Å². The molecule has 0 bridgehead atoms. The Kier molecular flexibility index (Phi) is 7.47. The molecule has 0 aromatic heterocycles. The van der Waals surface area contributed by atoms with Crippen molar-refractivity contribution in [2.45, 2.75) is 31.6 Å². The van der Waals surface area contributed by atoms with Crippen molar-refractivity contribution in [3.05, 3.63) is 107 Å². The highest BCUT2D eigenvalue weighted by atomic mass is 19.1. The standard InChI is InChI=1S/C27H30FNO2/c28-25-13-11-21(12-14-25)19-29-17-15-22(26(30)20-29)16-18-31-27(23-7-3-1-4-8-23)24-9-5-2-6-10-24/h1-14,22,26-27,30H,15-20H2. The number of likely N-dealkylation sites (tertiary alicyclic amines) is 1. The molecule has 0 radical (unpaired) electrons. The van der Waals surface area contributed by atoms with Crippen LogP contribution in [0, 0.1) is 11.7 Å². The molecule has 1 aliphatic heterocycles. The molecule has 0 spiro atoms. The summed E-state index contributed by atoms with van der Waals surface area (Å²) in [5.41, 5.74) is 3.36. The summed E-state index contributed by atoms with van der Waals surface area (Å²) in [6.07, 6.45) is 1.30. The number of hydrogen-bond donors (Lipinski definition) is 1. The lowest BCUT2D eigenvalue weighted by Crippen LogP contribution is -2.43. The summed E-state index contributed by atoms with van der Waals surface area (Å²) in [6.45, 7) is 2.92. The van der Waals surface area contributed by atoms with Gasteiger partial charge in [0.15, 0.2) is 0 Å². The van der Waals surface area contributed by atoms with E-state index in [2.05, 4.69) is 29.2 Å². The summed E-state index contributed by atoms with van der Waals surface area (Å²) in [7, 11) is 0. The average molecular weight is 420 g/mol. The van der Waals surface area contributed by atoms with Crippen molar-refractivity contribution >= 4 is 0 Å². The molecule has 1 N–H and O–H groups in total. The van der Waals surface area contributed by atoms with Gasteiger partial charge in [-0.05, 0) is 54.1 Å². The van der Waals surface area contributed by atoms with Crippen LogP contribution >= 0.6 is 0 Å². The molecule has 3 aromatic carbocycles. The second kappa shape index (κ2) is 10.7. The highest BCUT2D eigenvalue weighted by Crippen LogP contribution is 2.28. The Morgan fingerprint density at radius 1 is 0.903 bits per heavy atom. The molecule has 0 amide bonds. The molecule has 31 heavy (non-hydrogen) atoms. The van der Waals surface area contributed by atoms with Crippen molar-refractivity contribution in [3.63, 3.8) is 0 Å². The molecular formula is C27H30FNO2. The molecule has 3 nitrogen and oxygen atoms in total. The first-order chi connectivity index (χ1) is 15.2. The smallest absolute Gasteiger partial charge is 0.123 e. The van der Waals surface area contributed by atoms with Gasteiger partial charge in [-0.1, -0.05) is 72.8 Å². The minimum Gasteiger partial charge on any atom is -0.392 e. The van der Waals surface area contributed by atoms with E-state index >= 15 is 0 Å². The topological polar surface area (TPSA) is 32.7 Å². The number of β-amino-alcohol motifs (C(OH)–C–C–N with tert-alkyl or cyclic N) is 1. The van der Waals surface area contributed by atoms with Gasteiger partial charge in [-0.3, -0.25) is 4.90 Å². The van der Waals surface area contributed by atoms with Gasteiger partial charge in [-0.2, -0.15) is 0 Å². The number of aliphatic hydroxyl groups excluding tert-OH is 1. The minimum absolute atomic E-state index is 0.0990.